The number of piperidine rings is 1. The molecule has 0 bridgehead atoms. The molecule has 4 rings (SSSR count). The number of hydrogen-bond acceptors (Lipinski definition) is 3. The number of aromatic nitrogens is 2. The van der Waals surface area contributed by atoms with Crippen molar-refractivity contribution < 1.29 is 9.59 Å². The molecule has 1 amide bonds. The lowest BCUT2D eigenvalue weighted by molar-refractivity contribution is -0.142. The van der Waals surface area contributed by atoms with Gasteiger partial charge in [0.15, 0.2) is 0 Å². The molecule has 5 heteroatoms. The Morgan fingerprint density at radius 3 is 2.50 bits per heavy atom. The highest BCUT2D eigenvalue weighted by Gasteiger charge is 2.43. The van der Waals surface area contributed by atoms with Crippen molar-refractivity contribution in [2.24, 2.45) is 5.92 Å². The van der Waals surface area contributed by atoms with Crippen LogP contribution < -0.4 is 0 Å². The molecule has 1 aliphatic heterocycles. The zero-order chi connectivity index (χ0) is 17.9. The van der Waals surface area contributed by atoms with Crippen molar-refractivity contribution in [3.8, 4) is 0 Å². The molecular weight excluding hydrogens is 326 g/mol. The highest BCUT2D eigenvalue weighted by Crippen LogP contribution is 2.41. The Balaban J connectivity index is 1.73. The molecule has 136 valence electrons. The van der Waals surface area contributed by atoms with Gasteiger partial charge in [0, 0.05) is 24.9 Å². The van der Waals surface area contributed by atoms with Crippen LogP contribution in [-0.2, 0) is 4.79 Å². The molecule has 1 saturated heterocycles. The summed E-state index contributed by atoms with van der Waals surface area (Å²) < 4.78 is 1.56. The minimum absolute atomic E-state index is 0.0321. The largest absolute Gasteiger partial charge is 0.332 e. The van der Waals surface area contributed by atoms with Gasteiger partial charge < -0.3 is 4.90 Å². The SMILES string of the molecule is O=C1CC[C@H](C(=O)n2ccnc2)[C@H](c2ccccc2)N1C1CCCCC1. The summed E-state index contributed by atoms with van der Waals surface area (Å²) in [6.45, 7) is 0. The van der Waals surface area contributed by atoms with Crippen molar-refractivity contribution in [1.29, 1.82) is 0 Å². The second-order valence-electron chi connectivity index (χ2n) is 7.40. The molecule has 26 heavy (non-hydrogen) atoms. The van der Waals surface area contributed by atoms with E-state index in [1.54, 1.807) is 23.3 Å². The van der Waals surface area contributed by atoms with E-state index in [1.165, 1.54) is 6.42 Å². The Labute approximate surface area is 154 Å². The topological polar surface area (TPSA) is 55.2 Å². The molecule has 5 nitrogen and oxygen atoms in total. The first-order valence-corrected chi connectivity index (χ1v) is 9.64. The fraction of sp³-hybridized carbons (Fsp3) is 0.476. The van der Waals surface area contributed by atoms with Crippen LogP contribution in [0.4, 0.5) is 0 Å². The number of imidazole rings is 1. The van der Waals surface area contributed by atoms with Crippen LogP contribution in [0.3, 0.4) is 0 Å². The number of carbonyl (C=O) groups is 2. The summed E-state index contributed by atoms with van der Waals surface area (Å²) in [6.07, 6.45) is 11.6. The molecular formula is C21H25N3O2. The van der Waals surface area contributed by atoms with Gasteiger partial charge in [-0.1, -0.05) is 49.6 Å². The monoisotopic (exact) mass is 351 g/mol. The molecule has 1 aromatic heterocycles. The highest BCUT2D eigenvalue weighted by molar-refractivity contribution is 5.86. The van der Waals surface area contributed by atoms with Crippen LogP contribution in [-0.4, -0.2) is 32.3 Å². The van der Waals surface area contributed by atoms with Crippen LogP contribution in [0.25, 0.3) is 0 Å². The molecule has 2 fully saturated rings. The van der Waals surface area contributed by atoms with Gasteiger partial charge in [0.05, 0.1) is 12.0 Å². The molecule has 2 aromatic rings. The van der Waals surface area contributed by atoms with Crippen molar-refractivity contribution in [3.63, 3.8) is 0 Å². The van der Waals surface area contributed by atoms with Crippen LogP contribution in [0.2, 0.25) is 0 Å². The fourth-order valence-electron chi connectivity index (χ4n) is 4.59. The van der Waals surface area contributed by atoms with Gasteiger partial charge >= 0.3 is 0 Å². The minimum Gasteiger partial charge on any atom is -0.332 e. The number of carbonyl (C=O) groups excluding carboxylic acids is 2. The van der Waals surface area contributed by atoms with Gasteiger partial charge in [-0.25, -0.2) is 4.98 Å². The predicted molar refractivity (Wildman–Crippen MR) is 98.5 cm³/mol. The predicted octanol–water partition coefficient (Wildman–Crippen LogP) is 3.84. The molecule has 2 heterocycles. The first-order chi connectivity index (χ1) is 12.8. The standard InChI is InChI=1S/C21H25N3O2/c25-19-12-11-18(21(26)23-14-13-22-15-23)20(16-7-3-1-4-8-16)24(19)17-9-5-2-6-10-17/h1,3-4,7-8,13-15,17-18,20H,2,5-6,9-12H2/t18-,20-/m0/s1. The summed E-state index contributed by atoms with van der Waals surface area (Å²) in [4.78, 5) is 32.2. The van der Waals surface area contributed by atoms with Crippen LogP contribution in [0.1, 0.15) is 61.3 Å². The fourth-order valence-corrected chi connectivity index (χ4v) is 4.59. The van der Waals surface area contributed by atoms with Crippen LogP contribution in [0, 0.1) is 5.92 Å². The Bertz CT molecular complexity index is 751. The summed E-state index contributed by atoms with van der Waals surface area (Å²) >= 11 is 0. The normalized spacial score (nSPS) is 24.6. The molecule has 2 atom stereocenters. The van der Waals surface area contributed by atoms with Crippen LogP contribution in [0.5, 0.6) is 0 Å². The Hall–Kier alpha value is -2.43. The second-order valence-corrected chi connectivity index (χ2v) is 7.40. The van der Waals surface area contributed by atoms with Crippen LogP contribution in [0.15, 0.2) is 49.1 Å². The molecule has 0 unspecified atom stereocenters. The number of amides is 1. The number of hydrogen-bond donors (Lipinski definition) is 0. The van der Waals surface area contributed by atoms with Crippen molar-refractivity contribution in [3.05, 3.63) is 54.6 Å². The van der Waals surface area contributed by atoms with Crippen molar-refractivity contribution in [1.82, 2.24) is 14.5 Å². The second kappa shape index (κ2) is 7.44. The van der Waals surface area contributed by atoms with E-state index in [1.807, 2.05) is 30.3 Å². The van der Waals surface area contributed by atoms with E-state index >= 15 is 0 Å². The number of nitrogens with zero attached hydrogens (tertiary/aromatic N) is 3. The smallest absolute Gasteiger partial charge is 0.237 e. The van der Waals surface area contributed by atoms with Gasteiger partial charge in [0.2, 0.25) is 11.8 Å². The average molecular weight is 351 g/mol. The molecule has 1 aromatic carbocycles. The maximum Gasteiger partial charge on any atom is 0.237 e. The molecule has 0 N–H and O–H groups in total. The zero-order valence-corrected chi connectivity index (χ0v) is 15.0. The maximum absolute atomic E-state index is 13.2. The number of likely N-dealkylation sites (tertiary alicyclic amines) is 1. The molecule has 1 aliphatic carbocycles. The first kappa shape index (κ1) is 17.0. The first-order valence-electron chi connectivity index (χ1n) is 9.64. The van der Waals surface area contributed by atoms with E-state index in [0.29, 0.717) is 12.8 Å². The van der Waals surface area contributed by atoms with E-state index in [4.69, 9.17) is 0 Å². The van der Waals surface area contributed by atoms with Crippen LogP contribution >= 0.6 is 0 Å². The zero-order valence-electron chi connectivity index (χ0n) is 15.0. The highest BCUT2D eigenvalue weighted by atomic mass is 16.2. The van der Waals surface area contributed by atoms with Gasteiger partial charge in [0.1, 0.15) is 6.33 Å². The quantitative estimate of drug-likeness (QED) is 0.844. The maximum atomic E-state index is 13.2. The summed E-state index contributed by atoms with van der Waals surface area (Å²) in [5, 5.41) is 0. The summed E-state index contributed by atoms with van der Waals surface area (Å²) in [6, 6.07) is 10.1. The molecule has 0 radical (unpaired) electrons. The van der Waals surface area contributed by atoms with E-state index in [-0.39, 0.29) is 29.8 Å². The Morgan fingerprint density at radius 2 is 1.81 bits per heavy atom. The lowest BCUT2D eigenvalue weighted by Gasteiger charge is -2.46. The Kier molecular flexibility index (Phi) is 4.87. The molecule has 1 saturated carbocycles. The van der Waals surface area contributed by atoms with E-state index in [0.717, 1.165) is 31.2 Å². The van der Waals surface area contributed by atoms with Crippen molar-refractivity contribution >= 4 is 11.8 Å². The van der Waals surface area contributed by atoms with Gasteiger partial charge in [0.25, 0.3) is 0 Å². The lowest BCUT2D eigenvalue weighted by Crippen LogP contribution is -2.51. The number of rotatable bonds is 3. The third-order valence-corrected chi connectivity index (χ3v) is 5.82. The molecule has 0 spiro atoms. The van der Waals surface area contributed by atoms with E-state index in [9.17, 15) is 9.59 Å². The average Bonchev–Trinajstić information content (AvgIpc) is 3.23. The van der Waals surface area contributed by atoms with Gasteiger partial charge in [-0.2, -0.15) is 0 Å². The van der Waals surface area contributed by atoms with Gasteiger partial charge in [-0.15, -0.1) is 0 Å². The van der Waals surface area contributed by atoms with E-state index < -0.39 is 0 Å². The van der Waals surface area contributed by atoms with E-state index in [2.05, 4.69) is 9.88 Å². The Morgan fingerprint density at radius 1 is 1.04 bits per heavy atom. The summed E-state index contributed by atoms with van der Waals surface area (Å²) in [5.74, 6) is -0.00340. The third kappa shape index (κ3) is 3.18. The van der Waals surface area contributed by atoms with Gasteiger partial charge in [-0.3, -0.25) is 14.2 Å². The van der Waals surface area contributed by atoms with Gasteiger partial charge in [-0.05, 0) is 24.8 Å². The summed E-state index contributed by atoms with van der Waals surface area (Å²) in [7, 11) is 0. The minimum atomic E-state index is -0.230. The third-order valence-electron chi connectivity index (χ3n) is 5.82. The van der Waals surface area contributed by atoms with Crippen molar-refractivity contribution in [2.75, 3.05) is 0 Å². The van der Waals surface area contributed by atoms with Crippen molar-refractivity contribution in [2.45, 2.75) is 57.0 Å². The summed E-state index contributed by atoms with van der Waals surface area (Å²) in [5.41, 5.74) is 1.06. The molecule has 2 aliphatic rings. The number of benzene rings is 1. The lowest BCUT2D eigenvalue weighted by atomic mass is 9.80.